The van der Waals surface area contributed by atoms with E-state index >= 15 is 0 Å². The molecule has 0 aromatic heterocycles. The summed E-state index contributed by atoms with van der Waals surface area (Å²) in [5.41, 5.74) is 0. The largest absolute Gasteiger partial charge is 1.00 e. The fourth-order valence-corrected chi connectivity index (χ4v) is 1.66. The van der Waals surface area contributed by atoms with Crippen LogP contribution in [0.3, 0.4) is 0 Å². The minimum absolute atomic E-state index is 0. The standard InChI is InChI=1S/C5H14NO5P.2Na.2H/c1-4(7)6(5(2)8)3-12(9,10)11;;;;/h4-5,7-8H,3H2,1-2H3,(H2,9,10,11);;;;/q;2*+1;2*-1. The Labute approximate surface area is 130 Å². The summed E-state index contributed by atoms with van der Waals surface area (Å²) in [7, 11) is -4.22. The molecule has 9 heteroatoms. The zero-order valence-electron chi connectivity index (χ0n) is 11.0. The predicted molar refractivity (Wildman–Crippen MR) is 44.3 cm³/mol. The first kappa shape index (κ1) is 21.3. The van der Waals surface area contributed by atoms with Crippen molar-refractivity contribution in [2.45, 2.75) is 26.3 Å². The van der Waals surface area contributed by atoms with Gasteiger partial charge in [-0.15, -0.1) is 0 Å². The number of aliphatic hydroxyl groups excluding tert-OH is 2. The van der Waals surface area contributed by atoms with Gasteiger partial charge in [-0.3, -0.25) is 4.57 Å². The minimum atomic E-state index is -4.22. The van der Waals surface area contributed by atoms with Crippen LogP contribution < -0.4 is 59.1 Å². The van der Waals surface area contributed by atoms with Crippen molar-refractivity contribution in [3.63, 3.8) is 0 Å². The molecule has 2 unspecified atom stereocenters. The summed E-state index contributed by atoms with van der Waals surface area (Å²) in [5, 5.41) is 17.9. The summed E-state index contributed by atoms with van der Waals surface area (Å²) < 4.78 is 10.5. The van der Waals surface area contributed by atoms with E-state index in [-0.39, 0.29) is 62.0 Å². The Bertz CT molecular complexity index is 186. The van der Waals surface area contributed by atoms with E-state index in [0.29, 0.717) is 0 Å². The van der Waals surface area contributed by atoms with Crippen LogP contribution in [-0.4, -0.2) is 43.6 Å². The van der Waals surface area contributed by atoms with Crippen molar-refractivity contribution in [2.24, 2.45) is 0 Å². The number of aliphatic hydroxyl groups is 2. The maximum Gasteiger partial charge on any atom is 1.00 e. The molecule has 0 heterocycles. The zero-order chi connectivity index (χ0) is 9.94. The van der Waals surface area contributed by atoms with Crippen LogP contribution in [-0.2, 0) is 4.57 Å². The Morgan fingerprint density at radius 3 is 1.57 bits per heavy atom. The quantitative estimate of drug-likeness (QED) is 0.224. The van der Waals surface area contributed by atoms with Crippen molar-refractivity contribution < 1.29 is 86.5 Å². The first-order chi connectivity index (χ1) is 5.24. The van der Waals surface area contributed by atoms with Crippen molar-refractivity contribution in [3.8, 4) is 0 Å². The van der Waals surface area contributed by atoms with Crippen LogP contribution in [0.1, 0.15) is 16.7 Å². The molecule has 0 spiro atoms. The fourth-order valence-electron chi connectivity index (χ4n) is 0.761. The summed E-state index contributed by atoms with van der Waals surface area (Å²) in [4.78, 5) is 18.0. The fraction of sp³-hybridized carbons (Fsp3) is 1.00. The number of hydrogen-bond donors (Lipinski definition) is 4. The molecular formula is C5H16NNa2O5P. The topological polar surface area (TPSA) is 101 Å². The van der Waals surface area contributed by atoms with Gasteiger partial charge in [0.25, 0.3) is 0 Å². The van der Waals surface area contributed by atoms with Gasteiger partial charge in [0, 0.05) is 0 Å². The third-order valence-corrected chi connectivity index (χ3v) is 2.00. The summed E-state index contributed by atoms with van der Waals surface area (Å²) in [6, 6.07) is 0. The maximum atomic E-state index is 10.5. The number of rotatable bonds is 4. The van der Waals surface area contributed by atoms with Gasteiger partial charge in [0.05, 0.1) is 0 Å². The predicted octanol–water partition coefficient (Wildman–Crippen LogP) is -6.67. The number of hydrogen-bond acceptors (Lipinski definition) is 4. The van der Waals surface area contributed by atoms with Crippen LogP contribution >= 0.6 is 7.60 Å². The molecule has 0 aliphatic heterocycles. The molecule has 6 nitrogen and oxygen atoms in total. The molecule has 14 heavy (non-hydrogen) atoms. The van der Waals surface area contributed by atoms with Gasteiger partial charge in [-0.25, -0.2) is 4.90 Å². The third-order valence-electron chi connectivity index (χ3n) is 1.31. The molecular weight excluding hydrogens is 231 g/mol. The minimum Gasteiger partial charge on any atom is -1.00 e. The van der Waals surface area contributed by atoms with Crippen molar-refractivity contribution in [3.05, 3.63) is 0 Å². The van der Waals surface area contributed by atoms with Gasteiger partial charge >= 0.3 is 66.7 Å². The monoisotopic (exact) mass is 247 g/mol. The van der Waals surface area contributed by atoms with E-state index in [9.17, 15) is 4.57 Å². The van der Waals surface area contributed by atoms with E-state index in [1.807, 2.05) is 0 Å². The molecule has 0 amide bonds. The Hall–Kier alpha value is 2.03. The SMILES string of the molecule is CC(O)N(CP(=O)(O)O)C(C)O.[H-].[H-].[Na+].[Na+]. The molecule has 78 valence electrons. The van der Waals surface area contributed by atoms with Gasteiger partial charge in [0.15, 0.2) is 0 Å². The molecule has 0 fully saturated rings. The van der Waals surface area contributed by atoms with E-state index in [0.717, 1.165) is 4.90 Å². The van der Waals surface area contributed by atoms with Gasteiger partial charge in [-0.05, 0) is 13.8 Å². The van der Waals surface area contributed by atoms with E-state index in [1.54, 1.807) is 0 Å². The Kier molecular flexibility index (Phi) is 13.9. The summed E-state index contributed by atoms with van der Waals surface area (Å²) in [6.07, 6.45) is -2.82. The van der Waals surface area contributed by atoms with Crippen molar-refractivity contribution in [1.82, 2.24) is 4.90 Å². The average molecular weight is 247 g/mol. The molecule has 0 aliphatic rings. The normalized spacial score (nSPS) is 15.4. The summed E-state index contributed by atoms with van der Waals surface area (Å²) >= 11 is 0. The van der Waals surface area contributed by atoms with Crippen LogP contribution in [0.5, 0.6) is 0 Å². The van der Waals surface area contributed by atoms with E-state index in [4.69, 9.17) is 20.0 Å². The summed E-state index contributed by atoms with van der Waals surface area (Å²) in [5.74, 6) is 0. The van der Waals surface area contributed by atoms with Crippen LogP contribution in [0.2, 0.25) is 0 Å². The first-order valence-corrected chi connectivity index (χ1v) is 5.20. The van der Waals surface area contributed by atoms with Gasteiger partial charge in [0.1, 0.15) is 18.7 Å². The van der Waals surface area contributed by atoms with Gasteiger partial charge in [-0.1, -0.05) is 0 Å². The second-order valence-electron chi connectivity index (χ2n) is 2.58. The molecule has 2 atom stereocenters. The van der Waals surface area contributed by atoms with E-state index in [2.05, 4.69) is 0 Å². The number of nitrogens with zero attached hydrogens (tertiary/aromatic N) is 1. The molecule has 4 N–H and O–H groups in total. The van der Waals surface area contributed by atoms with Crippen LogP contribution in [0.4, 0.5) is 0 Å². The zero-order valence-corrected chi connectivity index (χ0v) is 13.8. The molecule has 0 bridgehead atoms. The third kappa shape index (κ3) is 10.5. The van der Waals surface area contributed by atoms with Crippen molar-refractivity contribution in [1.29, 1.82) is 0 Å². The van der Waals surface area contributed by atoms with Crippen molar-refractivity contribution in [2.75, 3.05) is 6.29 Å². The smallest absolute Gasteiger partial charge is 1.00 e. The average Bonchev–Trinajstić information content (AvgIpc) is 1.79. The van der Waals surface area contributed by atoms with Crippen molar-refractivity contribution >= 4 is 7.60 Å². The van der Waals surface area contributed by atoms with Gasteiger partial charge in [0.2, 0.25) is 0 Å². The molecule has 0 aromatic carbocycles. The van der Waals surface area contributed by atoms with Crippen LogP contribution in [0.15, 0.2) is 0 Å². The second kappa shape index (κ2) is 9.10. The Morgan fingerprint density at radius 1 is 1.21 bits per heavy atom. The first-order valence-electron chi connectivity index (χ1n) is 3.40. The second-order valence-corrected chi connectivity index (χ2v) is 4.20. The Morgan fingerprint density at radius 2 is 1.50 bits per heavy atom. The molecule has 0 saturated heterocycles. The van der Waals surface area contributed by atoms with E-state index in [1.165, 1.54) is 13.8 Å². The molecule has 0 aliphatic carbocycles. The molecule has 0 rings (SSSR count). The van der Waals surface area contributed by atoms with E-state index < -0.39 is 26.3 Å². The molecule has 0 aromatic rings. The van der Waals surface area contributed by atoms with Crippen LogP contribution in [0, 0.1) is 0 Å². The maximum absolute atomic E-state index is 10.5. The van der Waals surface area contributed by atoms with Gasteiger partial charge < -0.3 is 22.9 Å². The Balaban J connectivity index is -0.000000101. The molecule has 0 saturated carbocycles. The summed E-state index contributed by atoms with van der Waals surface area (Å²) in [6.45, 7) is 2.64. The van der Waals surface area contributed by atoms with Gasteiger partial charge in [-0.2, -0.15) is 0 Å². The van der Waals surface area contributed by atoms with Crippen LogP contribution in [0.25, 0.3) is 0 Å². The molecule has 0 radical (unpaired) electrons.